The number of carboxylic acids is 1. The van der Waals surface area contributed by atoms with Crippen molar-refractivity contribution in [1.82, 2.24) is 4.90 Å². The van der Waals surface area contributed by atoms with Crippen molar-refractivity contribution >= 4 is 46.9 Å². The van der Waals surface area contributed by atoms with E-state index in [1.54, 1.807) is 48.5 Å². The fraction of sp³-hybridized carbons (Fsp3) is 0.306. The number of alkyl halides is 3. The molecule has 3 fully saturated rings. The van der Waals surface area contributed by atoms with E-state index in [0.29, 0.717) is 11.1 Å². The van der Waals surface area contributed by atoms with Crippen LogP contribution in [0.25, 0.3) is 0 Å². The molecule has 50 heavy (non-hydrogen) atoms. The Balaban J connectivity index is 1.48. The van der Waals surface area contributed by atoms with Gasteiger partial charge in [0, 0.05) is 23.0 Å². The smallest absolute Gasteiger partial charge is 0.508 e. The number of carbonyl (C=O) groups excluding carboxylic acids is 4. The summed E-state index contributed by atoms with van der Waals surface area (Å²) < 4.78 is 44.7. The van der Waals surface area contributed by atoms with Crippen molar-refractivity contribution in [2.24, 2.45) is 23.7 Å². The van der Waals surface area contributed by atoms with Crippen LogP contribution in [0.15, 0.2) is 84.4 Å². The molecule has 6 atom stereocenters. The van der Waals surface area contributed by atoms with Crippen molar-refractivity contribution in [3.63, 3.8) is 0 Å². The second-order valence-electron chi connectivity index (χ2n) is 12.8. The normalized spacial score (nSPS) is 27.5. The number of halogens is 4. The molecule has 2 N–H and O–H groups in total. The quantitative estimate of drug-likeness (QED) is 0.239. The third-order valence-corrected chi connectivity index (χ3v) is 10.6. The Bertz CT molecular complexity index is 1980. The summed E-state index contributed by atoms with van der Waals surface area (Å²) in [6.45, 7) is -0.361. The highest BCUT2D eigenvalue weighted by Crippen LogP contribution is 2.65. The molecule has 2 aliphatic heterocycles. The van der Waals surface area contributed by atoms with E-state index < -0.39 is 88.9 Å². The number of likely N-dealkylation sites (tertiary alicyclic amines) is 1. The molecule has 0 radical (unpaired) electrons. The lowest BCUT2D eigenvalue weighted by atomic mass is 9.49. The molecule has 4 amide bonds. The molecular formula is C36H28ClF3N2O8. The first-order chi connectivity index (χ1) is 23.7. The lowest BCUT2D eigenvalue weighted by Crippen LogP contribution is -2.53. The van der Waals surface area contributed by atoms with Crippen molar-refractivity contribution in [2.45, 2.75) is 37.0 Å². The summed E-state index contributed by atoms with van der Waals surface area (Å²) in [5, 5.41) is 20.9. The number of anilines is 1. The van der Waals surface area contributed by atoms with Crippen LogP contribution in [0, 0.1) is 23.7 Å². The second-order valence-corrected chi connectivity index (χ2v) is 13.3. The van der Waals surface area contributed by atoms with Crippen LogP contribution in [0.5, 0.6) is 11.5 Å². The van der Waals surface area contributed by atoms with Crippen molar-refractivity contribution in [3.05, 3.63) is 101 Å². The average Bonchev–Trinajstić information content (AvgIpc) is 3.44. The average molecular weight is 709 g/mol. The molecule has 2 saturated heterocycles. The minimum atomic E-state index is -5.10. The summed E-state index contributed by atoms with van der Waals surface area (Å²) in [5.41, 5.74) is -1.11. The lowest BCUT2D eigenvalue weighted by Gasteiger charge is -2.50. The summed E-state index contributed by atoms with van der Waals surface area (Å²) >= 11 is 6.28. The number of amides is 4. The van der Waals surface area contributed by atoms with E-state index in [1.807, 2.05) is 0 Å². The predicted octanol–water partition coefficient (Wildman–Crippen LogP) is 5.58. The maximum Gasteiger partial charge on any atom is 0.573 e. The van der Waals surface area contributed by atoms with Gasteiger partial charge < -0.3 is 14.9 Å². The Morgan fingerprint density at radius 1 is 0.940 bits per heavy atom. The number of phenols is 1. The van der Waals surface area contributed by atoms with Crippen molar-refractivity contribution in [2.75, 3.05) is 11.4 Å². The van der Waals surface area contributed by atoms with Gasteiger partial charge in [0.15, 0.2) is 0 Å². The molecule has 3 aromatic carbocycles. The van der Waals surface area contributed by atoms with Gasteiger partial charge in [-0.3, -0.25) is 28.9 Å². The van der Waals surface area contributed by atoms with E-state index in [0.717, 1.165) is 28.0 Å². The highest BCUT2D eigenvalue weighted by atomic mass is 35.5. The van der Waals surface area contributed by atoms with E-state index in [1.165, 1.54) is 12.1 Å². The maximum absolute atomic E-state index is 15.2. The summed E-state index contributed by atoms with van der Waals surface area (Å²) in [6, 6.07) is 17.2. The van der Waals surface area contributed by atoms with Crippen LogP contribution in [0.1, 0.15) is 36.3 Å². The number of carboxylic acid groups (broad SMARTS) is 1. The van der Waals surface area contributed by atoms with Gasteiger partial charge >= 0.3 is 12.3 Å². The largest absolute Gasteiger partial charge is 0.573 e. The van der Waals surface area contributed by atoms with E-state index >= 15 is 4.79 Å². The molecule has 10 nitrogen and oxygen atoms in total. The van der Waals surface area contributed by atoms with Gasteiger partial charge in [-0.1, -0.05) is 59.6 Å². The van der Waals surface area contributed by atoms with Gasteiger partial charge in [-0.15, -0.1) is 13.2 Å². The Morgan fingerprint density at radius 3 is 2.36 bits per heavy atom. The Hall–Kier alpha value is -5.17. The standard InChI is InChI=1S/C36H28ClF3N2O8/c37-19-7-4-8-20(15-19)42-32(47)26-17-24-22(10-11-23-29(24)33(48)41(31(23)46)14-13-28(44)45)30(35(26,34(42)49)18-5-2-1-3-6-18)25-16-21(9-12-27(25)43)50-36(38,39)40/h1-10,12,15-16,23-24,26,29-30,43H,11,13-14,17H2,(H,44,45)/t23-,24+,26-,29-,30+,35+/m0/s1. The highest BCUT2D eigenvalue weighted by Gasteiger charge is 2.70. The van der Waals surface area contributed by atoms with Gasteiger partial charge in [-0.05, 0) is 60.7 Å². The van der Waals surface area contributed by atoms with Crippen LogP contribution in [0.4, 0.5) is 18.9 Å². The van der Waals surface area contributed by atoms with E-state index in [2.05, 4.69) is 4.74 Å². The number of carbonyl (C=O) groups is 5. The van der Waals surface area contributed by atoms with Crippen LogP contribution in [0.3, 0.4) is 0 Å². The SMILES string of the molecule is O=C(O)CCN1C(=O)[C@H]2[C@H](CC=C3[C@H]2C[C@H]2C(=O)N(c4cccc(Cl)c4)C(=O)[C@@]2(c2ccccc2)[C@H]3c2cc(OC(F)(F)F)ccc2O)C1=O. The lowest BCUT2D eigenvalue weighted by molar-refractivity contribution is -0.274. The van der Waals surface area contributed by atoms with Crippen LogP contribution in [0.2, 0.25) is 5.02 Å². The van der Waals surface area contributed by atoms with Crippen LogP contribution in [-0.2, 0) is 29.4 Å². The monoisotopic (exact) mass is 708 g/mol. The van der Waals surface area contributed by atoms with Gasteiger partial charge in [0.1, 0.15) is 11.5 Å². The first-order valence-corrected chi connectivity index (χ1v) is 16.2. The van der Waals surface area contributed by atoms with Crippen molar-refractivity contribution in [1.29, 1.82) is 0 Å². The third-order valence-electron chi connectivity index (χ3n) is 10.4. The number of hydrogen-bond donors (Lipinski definition) is 2. The number of allylic oxidation sites excluding steroid dienone is 2. The third kappa shape index (κ3) is 5.13. The minimum absolute atomic E-state index is 0.00364. The minimum Gasteiger partial charge on any atom is -0.508 e. The molecule has 0 unspecified atom stereocenters. The molecule has 4 aliphatic rings. The van der Waals surface area contributed by atoms with Gasteiger partial charge in [0.05, 0.1) is 35.3 Å². The first-order valence-electron chi connectivity index (χ1n) is 15.8. The number of fused-ring (bicyclic) bond motifs is 4. The molecule has 0 aromatic heterocycles. The zero-order valence-corrected chi connectivity index (χ0v) is 26.7. The molecule has 0 spiro atoms. The topological polar surface area (TPSA) is 142 Å². The molecular weight excluding hydrogens is 681 g/mol. The molecule has 258 valence electrons. The maximum atomic E-state index is 15.2. The highest BCUT2D eigenvalue weighted by molar-refractivity contribution is 6.32. The van der Waals surface area contributed by atoms with Gasteiger partial charge in [0.2, 0.25) is 23.6 Å². The van der Waals surface area contributed by atoms with Crippen LogP contribution >= 0.6 is 11.6 Å². The fourth-order valence-corrected chi connectivity index (χ4v) is 8.73. The summed E-state index contributed by atoms with van der Waals surface area (Å²) in [6.07, 6.45) is -4.02. The Labute approximate surface area is 287 Å². The van der Waals surface area contributed by atoms with Crippen LogP contribution in [-0.4, -0.2) is 57.6 Å². The molecule has 14 heteroatoms. The molecule has 2 aliphatic carbocycles. The number of benzene rings is 3. The van der Waals surface area contributed by atoms with Gasteiger partial charge in [0.25, 0.3) is 0 Å². The van der Waals surface area contributed by atoms with E-state index in [9.17, 15) is 42.6 Å². The van der Waals surface area contributed by atoms with Gasteiger partial charge in [-0.25, -0.2) is 4.90 Å². The van der Waals surface area contributed by atoms with Gasteiger partial charge in [-0.2, -0.15) is 0 Å². The number of rotatable bonds is 7. The summed E-state index contributed by atoms with van der Waals surface area (Å²) in [4.78, 5) is 70.6. The zero-order valence-electron chi connectivity index (χ0n) is 26.0. The molecule has 2 heterocycles. The van der Waals surface area contributed by atoms with E-state index in [-0.39, 0.29) is 35.7 Å². The van der Waals surface area contributed by atoms with Crippen molar-refractivity contribution < 1.29 is 52.1 Å². The second kappa shape index (κ2) is 12.0. The summed E-state index contributed by atoms with van der Waals surface area (Å²) in [5.74, 6) is -10.3. The number of imide groups is 2. The number of hydrogen-bond acceptors (Lipinski definition) is 7. The first kappa shape index (κ1) is 33.3. The number of aliphatic carboxylic acids is 1. The number of nitrogens with zero attached hydrogens (tertiary/aromatic N) is 2. The summed E-state index contributed by atoms with van der Waals surface area (Å²) in [7, 11) is 0. The number of ether oxygens (including phenoxy) is 1. The Kier molecular flexibility index (Phi) is 8.00. The van der Waals surface area contributed by atoms with Crippen LogP contribution < -0.4 is 9.64 Å². The van der Waals surface area contributed by atoms with E-state index in [4.69, 9.17) is 11.6 Å². The number of phenolic OH excluding ortho intramolecular Hbond substituents is 1. The molecule has 7 rings (SSSR count). The zero-order chi connectivity index (χ0) is 35.7. The predicted molar refractivity (Wildman–Crippen MR) is 170 cm³/mol. The molecule has 0 bridgehead atoms. The Morgan fingerprint density at radius 2 is 1.68 bits per heavy atom. The number of aromatic hydroxyl groups is 1. The molecule has 3 aromatic rings. The molecule has 1 saturated carbocycles. The van der Waals surface area contributed by atoms with Crippen molar-refractivity contribution in [3.8, 4) is 11.5 Å². The fourth-order valence-electron chi connectivity index (χ4n) is 8.54.